The first-order valence-corrected chi connectivity index (χ1v) is 30.9. The highest BCUT2D eigenvalue weighted by Gasteiger charge is 2.43. The van der Waals surface area contributed by atoms with Gasteiger partial charge in [0.15, 0.2) is 0 Å². The number of carbonyl (C=O) groups is 10. The van der Waals surface area contributed by atoms with Gasteiger partial charge in [0.1, 0.15) is 54.1 Å². The molecule has 8 atom stereocenters. The van der Waals surface area contributed by atoms with Gasteiger partial charge in [-0.3, -0.25) is 58.1 Å². The molecule has 3 aliphatic rings. The van der Waals surface area contributed by atoms with Crippen LogP contribution in [-0.4, -0.2) is 146 Å². The van der Waals surface area contributed by atoms with Crippen LogP contribution in [0.2, 0.25) is 0 Å². The Balaban J connectivity index is 1.33. The maximum atomic E-state index is 15.1. The van der Waals surface area contributed by atoms with Gasteiger partial charge in [-0.05, 0) is 86.2 Å². The number of nitrogens with two attached hydrogens (primary N) is 3. The lowest BCUT2D eigenvalue weighted by atomic mass is 9.85. The molecule has 27 heteroatoms. The highest BCUT2D eigenvalue weighted by molar-refractivity contribution is 8.77. The van der Waals surface area contributed by atoms with E-state index in [-0.39, 0.29) is 68.8 Å². The summed E-state index contributed by atoms with van der Waals surface area (Å²) in [4.78, 5) is 154. The molecule has 3 unspecified atom stereocenters. The fraction of sp³-hybridized carbons (Fsp3) is 0.517. The van der Waals surface area contributed by atoms with E-state index in [1.54, 1.807) is 56.3 Å². The van der Waals surface area contributed by atoms with E-state index in [9.17, 15) is 58.4 Å². The molecule has 2 aliphatic heterocycles. The number of non-ortho nitro benzene ring substituents is 1. The Bertz CT molecular complexity index is 2860. The molecule has 1 spiro atoms. The monoisotopic (exact) mass is 1210 g/mol. The van der Waals surface area contributed by atoms with Crippen molar-refractivity contribution in [2.75, 3.05) is 18.8 Å². The van der Waals surface area contributed by atoms with E-state index in [1.807, 2.05) is 0 Å². The summed E-state index contributed by atoms with van der Waals surface area (Å²) in [7, 11) is 2.50. The lowest BCUT2D eigenvalue weighted by molar-refractivity contribution is -0.384. The summed E-state index contributed by atoms with van der Waals surface area (Å²) >= 11 is 0. The predicted octanol–water partition coefficient (Wildman–Crippen LogP) is 1.35. The molecule has 3 aromatic rings. The summed E-state index contributed by atoms with van der Waals surface area (Å²) in [5.74, 6) is -8.84. The molecule has 10 amide bonds. The van der Waals surface area contributed by atoms with Crippen LogP contribution in [0.4, 0.5) is 5.69 Å². The summed E-state index contributed by atoms with van der Waals surface area (Å²) in [6.07, 6.45) is 3.79. The lowest BCUT2D eigenvalue weighted by Gasteiger charge is -2.37. The number of nitrogens with one attached hydrogen (secondary N) is 7. The Kier molecular flexibility index (Phi) is 24.9. The van der Waals surface area contributed by atoms with Crippen LogP contribution in [-0.2, 0) is 67.2 Å². The third-order valence-electron chi connectivity index (χ3n) is 15.2. The first kappa shape index (κ1) is 66.4. The van der Waals surface area contributed by atoms with Crippen LogP contribution in [0.15, 0.2) is 78.9 Å². The first-order chi connectivity index (χ1) is 40.5. The fourth-order valence-electron chi connectivity index (χ4n) is 10.6. The molecule has 14 N–H and O–H groups in total. The number of nitro groups is 1. The van der Waals surface area contributed by atoms with Crippen molar-refractivity contribution >= 4 is 86.3 Å². The molecule has 6 rings (SSSR count). The van der Waals surface area contributed by atoms with Crippen LogP contribution in [0.1, 0.15) is 108 Å². The van der Waals surface area contributed by atoms with Crippen molar-refractivity contribution in [2.45, 2.75) is 163 Å². The van der Waals surface area contributed by atoms with E-state index < -0.39 is 129 Å². The number of phenols is 1. The minimum absolute atomic E-state index is 0.00619. The molecule has 3 fully saturated rings. The molecule has 3 aromatic carbocycles. The molecule has 2 saturated heterocycles. The lowest BCUT2D eigenvalue weighted by Crippen LogP contribution is -2.62. The standard InChI is InChI=1S/C58H78N12O13S2/c1-34(2)49-56(80)66-44(31-47(60)72)53(77)67-45(57(81)69-27-11-15-46(69)55(79)63-40(14-7-10-26-59)51(75)64-41(50(61)74)28-37-18-22-39(71)23-19-37)33-84-85-58(24-8-4-9-25-58)32-48(73)62-42(30-36-16-20-38(21-17-36)70(82)83)52(76)65-43(54(78)68-49)29-35-12-5-3-6-13-35/h3,5-6,12-13,16-23,34,40-46,49,71H,4,7-11,14-15,24-33,59H2,1-2H3,(H2,60,72)(H2,61,74)(H,62,73)(H,63,79)(H,64,75)(H,65,76)(H,66,80)(H,67,77)(H,68,78)/t40-,41+,42?,43-,44?,45-,46-,49?/m0/s1. The summed E-state index contributed by atoms with van der Waals surface area (Å²) in [5, 5.41) is 40.4. The van der Waals surface area contributed by atoms with Gasteiger partial charge in [-0.25, -0.2) is 0 Å². The zero-order valence-corrected chi connectivity index (χ0v) is 49.4. The molecule has 0 bridgehead atoms. The van der Waals surface area contributed by atoms with E-state index in [2.05, 4.69) is 37.2 Å². The Labute approximate surface area is 500 Å². The number of rotatable bonds is 20. The second kappa shape index (κ2) is 31.9. The van der Waals surface area contributed by atoms with Gasteiger partial charge in [-0.2, -0.15) is 0 Å². The average Bonchev–Trinajstić information content (AvgIpc) is 3.98. The van der Waals surface area contributed by atoms with Gasteiger partial charge in [-0.15, -0.1) is 0 Å². The zero-order chi connectivity index (χ0) is 61.8. The van der Waals surface area contributed by atoms with E-state index in [4.69, 9.17) is 17.2 Å². The van der Waals surface area contributed by atoms with E-state index >= 15 is 4.79 Å². The first-order valence-electron chi connectivity index (χ1n) is 28.6. The molecule has 1 saturated carbocycles. The average molecular weight is 1220 g/mol. The molecule has 460 valence electrons. The minimum Gasteiger partial charge on any atom is -0.508 e. The summed E-state index contributed by atoms with van der Waals surface area (Å²) in [5.41, 5.74) is 18.6. The van der Waals surface area contributed by atoms with Crippen LogP contribution in [0.25, 0.3) is 0 Å². The molecule has 85 heavy (non-hydrogen) atoms. The van der Waals surface area contributed by atoms with Gasteiger partial charge < -0.3 is 64.4 Å². The maximum Gasteiger partial charge on any atom is 0.269 e. The normalized spacial score (nSPS) is 22.5. The van der Waals surface area contributed by atoms with Crippen LogP contribution in [0, 0.1) is 16.0 Å². The number of primary amides is 2. The summed E-state index contributed by atoms with van der Waals surface area (Å²) in [6.45, 7) is 3.56. The van der Waals surface area contributed by atoms with E-state index in [0.29, 0.717) is 48.8 Å². The number of aromatic hydroxyl groups is 1. The minimum atomic E-state index is -1.70. The van der Waals surface area contributed by atoms with Crippen LogP contribution in [0.5, 0.6) is 5.75 Å². The maximum absolute atomic E-state index is 15.1. The molecule has 1 aliphatic carbocycles. The van der Waals surface area contributed by atoms with Crippen LogP contribution in [0.3, 0.4) is 0 Å². The number of nitrogens with zero attached hydrogens (tertiary/aromatic N) is 2. The predicted molar refractivity (Wildman–Crippen MR) is 318 cm³/mol. The molecular weight excluding hydrogens is 1140 g/mol. The Morgan fingerprint density at radius 1 is 0.741 bits per heavy atom. The second-order valence-electron chi connectivity index (χ2n) is 22.2. The third-order valence-corrected chi connectivity index (χ3v) is 18.5. The van der Waals surface area contributed by atoms with Crippen molar-refractivity contribution in [1.82, 2.24) is 42.1 Å². The third kappa shape index (κ3) is 19.9. The topological polar surface area (TPSA) is 400 Å². The Hall–Kier alpha value is -7.78. The van der Waals surface area contributed by atoms with Gasteiger partial charge in [0.2, 0.25) is 59.1 Å². The van der Waals surface area contributed by atoms with Crippen LogP contribution >= 0.6 is 21.6 Å². The highest BCUT2D eigenvalue weighted by Crippen LogP contribution is 2.48. The Morgan fingerprint density at radius 3 is 1.98 bits per heavy atom. The fourth-order valence-corrected chi connectivity index (χ4v) is 13.9. The smallest absolute Gasteiger partial charge is 0.269 e. The number of hydrogen-bond donors (Lipinski definition) is 11. The largest absolute Gasteiger partial charge is 0.508 e. The second-order valence-corrected chi connectivity index (χ2v) is 25.0. The van der Waals surface area contributed by atoms with Crippen LogP contribution < -0.4 is 54.4 Å². The van der Waals surface area contributed by atoms with Crippen molar-refractivity contribution in [2.24, 2.45) is 23.1 Å². The molecule has 0 aromatic heterocycles. The van der Waals surface area contributed by atoms with Crippen molar-refractivity contribution < 1.29 is 58.0 Å². The highest BCUT2D eigenvalue weighted by atomic mass is 33.1. The SMILES string of the molecule is CC(C)C1NC(=O)[C@H](Cc2ccccc2)NC(=O)C(Cc2ccc([N+](=O)[O-])cc2)NC(=O)CC2(CCCCC2)SSC[C@@H](C(=O)N2CCC[C@H]2C(=O)N[C@@H](CCCCN)C(=O)N[C@H](Cc2ccc(O)cc2)C(N)=O)NC(=O)C(CC(N)=O)NC1=O. The van der Waals surface area contributed by atoms with Crippen molar-refractivity contribution in [3.05, 3.63) is 106 Å². The quantitative estimate of drug-likeness (QED) is 0.0329. The van der Waals surface area contributed by atoms with Gasteiger partial charge in [0.05, 0.1) is 11.3 Å². The van der Waals surface area contributed by atoms with Gasteiger partial charge in [0.25, 0.3) is 5.69 Å². The number of nitro benzene ring substituents is 1. The summed E-state index contributed by atoms with van der Waals surface area (Å²) in [6, 6.07) is 9.38. The van der Waals surface area contributed by atoms with Crippen molar-refractivity contribution in [3.8, 4) is 5.75 Å². The molecular formula is C58H78N12O13S2. The van der Waals surface area contributed by atoms with Gasteiger partial charge in [-0.1, -0.05) is 109 Å². The Morgan fingerprint density at radius 2 is 1.35 bits per heavy atom. The molecule has 25 nitrogen and oxygen atoms in total. The number of unbranched alkanes of at least 4 members (excludes halogenated alkanes) is 1. The van der Waals surface area contributed by atoms with E-state index in [1.165, 1.54) is 62.9 Å². The van der Waals surface area contributed by atoms with Crippen molar-refractivity contribution in [3.63, 3.8) is 0 Å². The van der Waals surface area contributed by atoms with Crippen molar-refractivity contribution in [1.29, 1.82) is 0 Å². The molecule has 0 radical (unpaired) electrons. The number of amides is 10. The van der Waals surface area contributed by atoms with Gasteiger partial charge >= 0.3 is 0 Å². The van der Waals surface area contributed by atoms with E-state index in [0.717, 1.165) is 19.3 Å². The number of likely N-dealkylation sites (tertiary alicyclic amines) is 1. The number of benzene rings is 3. The summed E-state index contributed by atoms with van der Waals surface area (Å²) < 4.78 is -0.781. The zero-order valence-electron chi connectivity index (χ0n) is 47.7. The number of hydrogen-bond acceptors (Lipinski definition) is 16. The molecule has 2 heterocycles. The number of carbonyl (C=O) groups excluding carboxylic acids is 10. The van der Waals surface area contributed by atoms with Gasteiger partial charge in [0, 0.05) is 54.9 Å². The number of phenolic OH excluding ortho intramolecular Hbond substituents is 1.